The van der Waals surface area contributed by atoms with Crippen molar-refractivity contribution in [3.8, 4) is 0 Å². The van der Waals surface area contributed by atoms with Crippen LogP contribution in [-0.2, 0) is 6.54 Å². The van der Waals surface area contributed by atoms with Gasteiger partial charge in [-0.1, -0.05) is 26.0 Å². The fourth-order valence-electron chi connectivity index (χ4n) is 1.75. The van der Waals surface area contributed by atoms with E-state index in [2.05, 4.69) is 34.4 Å². The Labute approximate surface area is 108 Å². The first-order chi connectivity index (χ1) is 8.75. The van der Waals surface area contributed by atoms with Crippen LogP contribution in [0.2, 0.25) is 0 Å². The van der Waals surface area contributed by atoms with Crippen LogP contribution in [-0.4, -0.2) is 29.1 Å². The van der Waals surface area contributed by atoms with E-state index in [1.807, 2.05) is 30.5 Å². The van der Waals surface area contributed by atoms with E-state index >= 15 is 0 Å². The van der Waals surface area contributed by atoms with Crippen LogP contribution in [0.15, 0.2) is 30.5 Å². The molecule has 18 heavy (non-hydrogen) atoms. The summed E-state index contributed by atoms with van der Waals surface area (Å²) in [7, 11) is 0. The molecule has 2 rings (SSSR count). The zero-order chi connectivity index (χ0) is 12.8. The molecule has 2 aromatic rings. The van der Waals surface area contributed by atoms with Gasteiger partial charge < -0.3 is 10.6 Å². The van der Waals surface area contributed by atoms with Gasteiger partial charge in [0.2, 0.25) is 0 Å². The lowest BCUT2D eigenvalue weighted by molar-refractivity contribution is 0.553. The minimum Gasteiger partial charge on any atom is -0.313 e. The third-order valence-electron chi connectivity index (χ3n) is 2.66. The van der Waals surface area contributed by atoms with Gasteiger partial charge in [-0.2, -0.15) is 0 Å². The Morgan fingerprint density at radius 3 is 2.67 bits per heavy atom. The van der Waals surface area contributed by atoms with E-state index in [9.17, 15) is 0 Å². The SMILES string of the molecule is CC(C)NCCNCc1cnc2ccccc2n1. The standard InChI is InChI=1S/C14H20N4/c1-11(2)16-8-7-15-9-12-10-17-13-5-3-4-6-14(13)18-12/h3-6,10-11,15-16H,7-9H2,1-2H3. The topological polar surface area (TPSA) is 49.8 Å². The number of benzene rings is 1. The molecule has 0 aliphatic carbocycles. The van der Waals surface area contributed by atoms with Crippen LogP contribution in [0.1, 0.15) is 19.5 Å². The molecule has 0 spiro atoms. The van der Waals surface area contributed by atoms with Gasteiger partial charge in [0, 0.05) is 25.7 Å². The molecule has 4 heteroatoms. The van der Waals surface area contributed by atoms with Gasteiger partial charge in [0.25, 0.3) is 0 Å². The lowest BCUT2D eigenvalue weighted by atomic mass is 10.3. The molecule has 0 aliphatic heterocycles. The van der Waals surface area contributed by atoms with Crippen molar-refractivity contribution in [3.63, 3.8) is 0 Å². The number of fused-ring (bicyclic) bond motifs is 1. The highest BCUT2D eigenvalue weighted by molar-refractivity contribution is 5.73. The van der Waals surface area contributed by atoms with E-state index in [0.717, 1.165) is 36.4 Å². The van der Waals surface area contributed by atoms with Gasteiger partial charge in [0.1, 0.15) is 0 Å². The van der Waals surface area contributed by atoms with Gasteiger partial charge >= 0.3 is 0 Å². The molecule has 0 aliphatic rings. The largest absolute Gasteiger partial charge is 0.313 e. The second kappa shape index (κ2) is 6.42. The summed E-state index contributed by atoms with van der Waals surface area (Å²) in [5, 5.41) is 6.72. The molecule has 2 N–H and O–H groups in total. The van der Waals surface area contributed by atoms with Gasteiger partial charge in [-0.05, 0) is 12.1 Å². The average Bonchev–Trinajstić information content (AvgIpc) is 2.38. The minimum absolute atomic E-state index is 0.535. The van der Waals surface area contributed by atoms with E-state index in [1.165, 1.54) is 0 Å². The van der Waals surface area contributed by atoms with Crippen LogP contribution in [0.5, 0.6) is 0 Å². The molecule has 4 nitrogen and oxygen atoms in total. The zero-order valence-corrected chi connectivity index (χ0v) is 11.0. The van der Waals surface area contributed by atoms with Crippen LogP contribution in [0.25, 0.3) is 11.0 Å². The fourth-order valence-corrected chi connectivity index (χ4v) is 1.75. The van der Waals surface area contributed by atoms with E-state index in [0.29, 0.717) is 6.04 Å². The molecule has 0 bridgehead atoms. The quantitative estimate of drug-likeness (QED) is 0.760. The molecular formula is C14H20N4. The first-order valence-electron chi connectivity index (χ1n) is 6.40. The zero-order valence-electron chi connectivity index (χ0n) is 11.0. The smallest absolute Gasteiger partial charge is 0.0890 e. The molecule has 0 saturated carbocycles. The number of nitrogens with zero attached hydrogens (tertiary/aromatic N) is 2. The summed E-state index contributed by atoms with van der Waals surface area (Å²) >= 11 is 0. The molecule has 0 amide bonds. The van der Waals surface area contributed by atoms with Gasteiger partial charge in [0.15, 0.2) is 0 Å². The van der Waals surface area contributed by atoms with Crippen LogP contribution in [0.4, 0.5) is 0 Å². The maximum atomic E-state index is 4.56. The number of aromatic nitrogens is 2. The van der Waals surface area contributed by atoms with Crippen molar-refractivity contribution in [1.82, 2.24) is 20.6 Å². The maximum absolute atomic E-state index is 4.56. The summed E-state index contributed by atoms with van der Waals surface area (Å²) in [6.45, 7) is 6.96. The minimum atomic E-state index is 0.535. The van der Waals surface area contributed by atoms with E-state index in [-0.39, 0.29) is 0 Å². The molecule has 0 unspecified atom stereocenters. The van der Waals surface area contributed by atoms with Gasteiger partial charge in [-0.15, -0.1) is 0 Å². The summed E-state index contributed by atoms with van der Waals surface area (Å²) in [4.78, 5) is 8.95. The molecule has 0 saturated heterocycles. The highest BCUT2D eigenvalue weighted by Crippen LogP contribution is 2.07. The number of para-hydroxylation sites is 2. The lowest BCUT2D eigenvalue weighted by Crippen LogP contribution is -2.31. The van der Waals surface area contributed by atoms with Gasteiger partial charge in [-0.25, -0.2) is 4.98 Å². The van der Waals surface area contributed by atoms with E-state index in [4.69, 9.17) is 0 Å². The molecule has 0 radical (unpaired) electrons. The summed E-state index contributed by atoms with van der Waals surface area (Å²) in [6, 6.07) is 8.47. The van der Waals surface area contributed by atoms with Crippen molar-refractivity contribution in [2.75, 3.05) is 13.1 Å². The Morgan fingerprint density at radius 1 is 1.11 bits per heavy atom. The Kier molecular flexibility index (Phi) is 4.61. The highest BCUT2D eigenvalue weighted by atomic mass is 15.0. The molecular weight excluding hydrogens is 224 g/mol. The summed E-state index contributed by atoms with van der Waals surface area (Å²) in [5.41, 5.74) is 2.89. The fraction of sp³-hybridized carbons (Fsp3) is 0.429. The molecule has 0 fully saturated rings. The lowest BCUT2D eigenvalue weighted by Gasteiger charge is -2.08. The monoisotopic (exact) mass is 244 g/mol. The second-order valence-electron chi connectivity index (χ2n) is 4.64. The number of rotatable bonds is 6. The van der Waals surface area contributed by atoms with E-state index in [1.54, 1.807) is 0 Å². The first kappa shape index (κ1) is 12.9. The van der Waals surface area contributed by atoms with Crippen molar-refractivity contribution in [3.05, 3.63) is 36.2 Å². The average molecular weight is 244 g/mol. The van der Waals surface area contributed by atoms with Crippen LogP contribution >= 0.6 is 0 Å². The first-order valence-corrected chi connectivity index (χ1v) is 6.40. The molecule has 0 atom stereocenters. The molecule has 1 aromatic heterocycles. The van der Waals surface area contributed by atoms with Crippen molar-refractivity contribution in [2.45, 2.75) is 26.4 Å². The Hall–Kier alpha value is -1.52. The van der Waals surface area contributed by atoms with Crippen LogP contribution in [0.3, 0.4) is 0 Å². The summed E-state index contributed by atoms with van der Waals surface area (Å²) < 4.78 is 0. The van der Waals surface area contributed by atoms with Crippen LogP contribution < -0.4 is 10.6 Å². The third-order valence-corrected chi connectivity index (χ3v) is 2.66. The van der Waals surface area contributed by atoms with Crippen molar-refractivity contribution >= 4 is 11.0 Å². The van der Waals surface area contributed by atoms with Crippen molar-refractivity contribution in [1.29, 1.82) is 0 Å². The summed E-state index contributed by atoms with van der Waals surface area (Å²) in [5.74, 6) is 0. The predicted molar refractivity (Wildman–Crippen MR) is 74.4 cm³/mol. The van der Waals surface area contributed by atoms with Gasteiger partial charge in [0.05, 0.1) is 22.9 Å². The normalized spacial score (nSPS) is 11.3. The Bertz CT molecular complexity index is 496. The number of nitrogens with one attached hydrogen (secondary N) is 2. The van der Waals surface area contributed by atoms with Gasteiger partial charge in [-0.3, -0.25) is 4.98 Å². The number of hydrogen-bond acceptors (Lipinski definition) is 4. The molecule has 1 aromatic carbocycles. The predicted octanol–water partition coefficient (Wildman–Crippen LogP) is 1.72. The Morgan fingerprint density at radius 2 is 1.89 bits per heavy atom. The van der Waals surface area contributed by atoms with E-state index < -0.39 is 0 Å². The molecule has 96 valence electrons. The Balaban J connectivity index is 1.84. The second-order valence-corrected chi connectivity index (χ2v) is 4.64. The van der Waals surface area contributed by atoms with Crippen molar-refractivity contribution < 1.29 is 0 Å². The maximum Gasteiger partial charge on any atom is 0.0890 e. The summed E-state index contributed by atoms with van der Waals surface area (Å²) in [6.07, 6.45) is 1.84. The van der Waals surface area contributed by atoms with Crippen LogP contribution in [0, 0.1) is 0 Å². The molecule has 1 heterocycles. The van der Waals surface area contributed by atoms with Crippen molar-refractivity contribution in [2.24, 2.45) is 0 Å². The highest BCUT2D eigenvalue weighted by Gasteiger charge is 1.98. The number of hydrogen-bond donors (Lipinski definition) is 2. The third kappa shape index (κ3) is 3.75.